The molecule has 0 aromatic rings. The summed E-state index contributed by atoms with van der Waals surface area (Å²) < 4.78 is 0. The molecule has 0 aromatic carbocycles. The van der Waals surface area contributed by atoms with E-state index in [0.29, 0.717) is 6.04 Å². The highest BCUT2D eigenvalue weighted by atomic mass is 16.4. The van der Waals surface area contributed by atoms with Gasteiger partial charge < -0.3 is 5.11 Å². The first kappa shape index (κ1) is 12.4. The normalized spacial score (nSPS) is 36.7. The first-order valence-electron chi connectivity index (χ1n) is 7.32. The predicted octanol–water partition coefficient (Wildman–Crippen LogP) is 1.41. The van der Waals surface area contributed by atoms with E-state index in [4.69, 9.17) is 0 Å². The SMILES string of the molecule is CC1(C(=O)O)CCN(C2CCN3CCCC23)CC1. The van der Waals surface area contributed by atoms with Crippen LogP contribution in [0.4, 0.5) is 0 Å². The number of likely N-dealkylation sites (tertiary alicyclic amines) is 1. The van der Waals surface area contributed by atoms with E-state index in [9.17, 15) is 9.90 Å². The first-order chi connectivity index (χ1) is 8.60. The van der Waals surface area contributed by atoms with E-state index < -0.39 is 11.4 Å². The topological polar surface area (TPSA) is 43.8 Å². The van der Waals surface area contributed by atoms with Gasteiger partial charge >= 0.3 is 5.97 Å². The molecule has 4 heteroatoms. The molecule has 4 nitrogen and oxygen atoms in total. The molecular formula is C14H24N2O2. The van der Waals surface area contributed by atoms with E-state index in [1.807, 2.05) is 6.92 Å². The number of hydrogen-bond acceptors (Lipinski definition) is 3. The molecule has 3 fully saturated rings. The Labute approximate surface area is 109 Å². The lowest BCUT2D eigenvalue weighted by Gasteiger charge is -2.41. The van der Waals surface area contributed by atoms with Gasteiger partial charge in [-0.1, -0.05) is 0 Å². The van der Waals surface area contributed by atoms with E-state index in [1.54, 1.807) is 0 Å². The molecule has 102 valence electrons. The fraction of sp³-hybridized carbons (Fsp3) is 0.929. The third-order valence-corrected chi connectivity index (χ3v) is 5.46. The zero-order valence-electron chi connectivity index (χ0n) is 11.3. The maximum atomic E-state index is 11.3. The van der Waals surface area contributed by atoms with Crippen molar-refractivity contribution in [3.8, 4) is 0 Å². The van der Waals surface area contributed by atoms with Gasteiger partial charge in [-0.25, -0.2) is 0 Å². The Morgan fingerprint density at radius 3 is 2.33 bits per heavy atom. The van der Waals surface area contributed by atoms with Crippen molar-refractivity contribution in [1.29, 1.82) is 0 Å². The minimum Gasteiger partial charge on any atom is -0.481 e. The quantitative estimate of drug-likeness (QED) is 0.807. The smallest absolute Gasteiger partial charge is 0.309 e. The summed E-state index contributed by atoms with van der Waals surface area (Å²) in [7, 11) is 0. The van der Waals surface area contributed by atoms with Crippen LogP contribution in [0.3, 0.4) is 0 Å². The lowest BCUT2D eigenvalue weighted by atomic mass is 9.80. The second-order valence-electron chi connectivity index (χ2n) is 6.50. The number of nitrogens with zero attached hydrogens (tertiary/aromatic N) is 2. The molecule has 0 aliphatic carbocycles. The summed E-state index contributed by atoms with van der Waals surface area (Å²) in [5, 5.41) is 9.27. The molecule has 0 saturated carbocycles. The van der Waals surface area contributed by atoms with Gasteiger partial charge in [0.1, 0.15) is 0 Å². The van der Waals surface area contributed by atoms with Crippen LogP contribution < -0.4 is 0 Å². The van der Waals surface area contributed by atoms with Crippen LogP contribution in [0.1, 0.15) is 39.0 Å². The Balaban J connectivity index is 1.61. The molecule has 0 radical (unpaired) electrons. The van der Waals surface area contributed by atoms with E-state index in [-0.39, 0.29) is 0 Å². The van der Waals surface area contributed by atoms with Crippen molar-refractivity contribution < 1.29 is 9.90 Å². The van der Waals surface area contributed by atoms with E-state index >= 15 is 0 Å². The van der Waals surface area contributed by atoms with Gasteiger partial charge in [0.25, 0.3) is 0 Å². The van der Waals surface area contributed by atoms with E-state index in [1.165, 1.54) is 32.4 Å². The summed E-state index contributed by atoms with van der Waals surface area (Å²) in [5.41, 5.74) is -0.482. The standard InChI is InChI=1S/C14H24N2O2/c1-14(13(17)18)5-9-16(10-6-14)12-4-8-15-7-2-3-11(12)15/h11-12H,2-10H2,1H3,(H,17,18). The Morgan fingerprint density at radius 2 is 1.67 bits per heavy atom. The van der Waals surface area contributed by atoms with Gasteiger partial charge in [-0.15, -0.1) is 0 Å². The predicted molar refractivity (Wildman–Crippen MR) is 69.5 cm³/mol. The van der Waals surface area contributed by atoms with Gasteiger partial charge in [-0.05, 0) is 58.7 Å². The van der Waals surface area contributed by atoms with Crippen molar-refractivity contribution >= 4 is 5.97 Å². The molecule has 18 heavy (non-hydrogen) atoms. The van der Waals surface area contributed by atoms with Gasteiger partial charge in [0.2, 0.25) is 0 Å². The number of carbonyl (C=O) groups is 1. The summed E-state index contributed by atoms with van der Waals surface area (Å²) in [6.45, 7) is 6.38. The van der Waals surface area contributed by atoms with Crippen molar-refractivity contribution in [1.82, 2.24) is 9.80 Å². The monoisotopic (exact) mass is 252 g/mol. The van der Waals surface area contributed by atoms with Crippen LogP contribution in [0, 0.1) is 5.41 Å². The lowest BCUT2D eigenvalue weighted by Crippen LogP contribution is -2.50. The average molecular weight is 252 g/mol. The van der Waals surface area contributed by atoms with Crippen LogP contribution in [0.5, 0.6) is 0 Å². The van der Waals surface area contributed by atoms with Crippen LogP contribution in [0.2, 0.25) is 0 Å². The first-order valence-corrected chi connectivity index (χ1v) is 7.32. The molecule has 0 spiro atoms. The molecular weight excluding hydrogens is 228 g/mol. The lowest BCUT2D eigenvalue weighted by molar-refractivity contribution is -0.151. The van der Waals surface area contributed by atoms with Crippen LogP contribution >= 0.6 is 0 Å². The number of rotatable bonds is 2. The van der Waals surface area contributed by atoms with E-state index in [0.717, 1.165) is 32.0 Å². The molecule has 3 saturated heterocycles. The maximum absolute atomic E-state index is 11.3. The number of carboxylic acids is 1. The fourth-order valence-electron chi connectivity index (χ4n) is 4.04. The molecule has 0 aromatic heterocycles. The highest BCUT2D eigenvalue weighted by molar-refractivity contribution is 5.74. The largest absolute Gasteiger partial charge is 0.481 e. The van der Waals surface area contributed by atoms with Crippen molar-refractivity contribution in [3.05, 3.63) is 0 Å². The summed E-state index contributed by atoms with van der Waals surface area (Å²) in [5.74, 6) is -0.615. The second kappa shape index (κ2) is 4.49. The Kier molecular flexibility index (Phi) is 3.10. The van der Waals surface area contributed by atoms with Gasteiger partial charge in [0.15, 0.2) is 0 Å². The van der Waals surface area contributed by atoms with Crippen LogP contribution in [0.25, 0.3) is 0 Å². The Hall–Kier alpha value is -0.610. The summed E-state index contributed by atoms with van der Waals surface area (Å²) in [6.07, 6.45) is 5.60. The van der Waals surface area contributed by atoms with Crippen molar-refractivity contribution in [2.24, 2.45) is 5.41 Å². The summed E-state index contributed by atoms with van der Waals surface area (Å²) >= 11 is 0. The Bertz CT molecular complexity index is 337. The van der Waals surface area contributed by atoms with Crippen molar-refractivity contribution in [3.63, 3.8) is 0 Å². The Morgan fingerprint density at radius 1 is 1.06 bits per heavy atom. The summed E-state index contributed by atoms with van der Waals surface area (Å²) in [6, 6.07) is 1.46. The molecule has 0 amide bonds. The van der Waals surface area contributed by atoms with Crippen LogP contribution in [-0.2, 0) is 4.79 Å². The number of aliphatic carboxylic acids is 1. The minimum absolute atomic E-state index is 0.482. The zero-order valence-corrected chi connectivity index (χ0v) is 11.3. The second-order valence-corrected chi connectivity index (χ2v) is 6.50. The molecule has 2 unspecified atom stereocenters. The molecule has 1 N–H and O–H groups in total. The van der Waals surface area contributed by atoms with Gasteiger partial charge in [0.05, 0.1) is 5.41 Å². The summed E-state index contributed by atoms with van der Waals surface area (Å²) in [4.78, 5) is 16.5. The highest BCUT2D eigenvalue weighted by Gasteiger charge is 2.44. The van der Waals surface area contributed by atoms with Gasteiger partial charge in [-0.2, -0.15) is 0 Å². The molecule has 2 atom stereocenters. The number of carboxylic acid groups (broad SMARTS) is 1. The number of piperidine rings is 1. The highest BCUT2D eigenvalue weighted by Crippen LogP contribution is 2.36. The van der Waals surface area contributed by atoms with Crippen LogP contribution in [-0.4, -0.2) is 59.1 Å². The third-order valence-electron chi connectivity index (χ3n) is 5.46. The average Bonchev–Trinajstić information content (AvgIpc) is 2.92. The third kappa shape index (κ3) is 1.95. The van der Waals surface area contributed by atoms with Gasteiger partial charge in [-0.3, -0.25) is 14.6 Å². The molecule has 3 heterocycles. The van der Waals surface area contributed by atoms with E-state index in [2.05, 4.69) is 9.80 Å². The number of hydrogen-bond donors (Lipinski definition) is 1. The molecule has 3 aliphatic rings. The molecule has 3 aliphatic heterocycles. The minimum atomic E-state index is -0.615. The fourth-order valence-corrected chi connectivity index (χ4v) is 4.04. The number of fused-ring (bicyclic) bond motifs is 1. The molecule has 0 bridgehead atoms. The van der Waals surface area contributed by atoms with Gasteiger partial charge in [0, 0.05) is 18.6 Å². The van der Waals surface area contributed by atoms with Crippen molar-refractivity contribution in [2.45, 2.75) is 51.1 Å². The molecule has 3 rings (SSSR count). The van der Waals surface area contributed by atoms with Crippen molar-refractivity contribution in [2.75, 3.05) is 26.2 Å². The van der Waals surface area contributed by atoms with Crippen LogP contribution in [0.15, 0.2) is 0 Å². The zero-order chi connectivity index (χ0) is 12.8. The maximum Gasteiger partial charge on any atom is 0.309 e.